The highest BCUT2D eigenvalue weighted by Gasteiger charge is 2.39. The van der Waals surface area contributed by atoms with Crippen molar-refractivity contribution in [1.82, 2.24) is 15.5 Å². The minimum absolute atomic E-state index is 0.114. The molecule has 5 atom stereocenters. The number of aliphatic imine (C=N–C) groups is 1. The number of likely N-dealkylation sites (tertiary alicyclic amines) is 1. The number of carboxylic acid groups (broad SMARTS) is 2. The van der Waals surface area contributed by atoms with Crippen LogP contribution in [0.1, 0.15) is 58.8 Å². The van der Waals surface area contributed by atoms with E-state index in [4.69, 9.17) is 22.3 Å². The number of aliphatic carboxylic acids is 2. The van der Waals surface area contributed by atoms with Crippen LogP contribution in [0.25, 0.3) is 0 Å². The number of nitrogens with zero attached hydrogens (tertiary/aromatic N) is 2. The molecule has 14 heteroatoms. The Labute approximate surface area is 210 Å². The average Bonchev–Trinajstić information content (AvgIpc) is 3.31. The quantitative estimate of drug-likeness (QED) is 0.0744. The number of rotatable bonds is 15. The van der Waals surface area contributed by atoms with E-state index in [1.807, 2.05) is 6.92 Å². The minimum atomic E-state index is -1.16. The van der Waals surface area contributed by atoms with Crippen molar-refractivity contribution in [2.75, 3.05) is 13.1 Å². The van der Waals surface area contributed by atoms with Crippen LogP contribution in [0, 0.1) is 5.92 Å². The lowest BCUT2D eigenvalue weighted by Crippen LogP contribution is -2.57. The fourth-order valence-corrected chi connectivity index (χ4v) is 3.89. The van der Waals surface area contributed by atoms with Crippen LogP contribution in [-0.2, 0) is 24.0 Å². The summed E-state index contributed by atoms with van der Waals surface area (Å²) in [6, 6.07) is -4.18. The van der Waals surface area contributed by atoms with E-state index in [0.29, 0.717) is 25.7 Å². The molecule has 0 bridgehead atoms. The van der Waals surface area contributed by atoms with Crippen LogP contribution in [0.3, 0.4) is 0 Å². The SMILES string of the molecule is CCC(C)C(NC(=O)C1CCCN1C(=O)C(CCCN=C(N)N)NC(=O)C(N)CCC(=O)O)C(=O)O. The van der Waals surface area contributed by atoms with Gasteiger partial charge in [-0.15, -0.1) is 0 Å². The predicted molar refractivity (Wildman–Crippen MR) is 130 cm³/mol. The van der Waals surface area contributed by atoms with Crippen molar-refractivity contribution in [3.05, 3.63) is 0 Å². The Morgan fingerprint density at radius 2 is 1.78 bits per heavy atom. The highest BCUT2D eigenvalue weighted by molar-refractivity contribution is 5.94. The molecule has 0 aliphatic carbocycles. The highest BCUT2D eigenvalue weighted by Crippen LogP contribution is 2.21. The van der Waals surface area contributed by atoms with Crippen LogP contribution >= 0.6 is 0 Å². The van der Waals surface area contributed by atoms with Crippen molar-refractivity contribution in [3.63, 3.8) is 0 Å². The van der Waals surface area contributed by atoms with Gasteiger partial charge in [0.1, 0.15) is 18.1 Å². The van der Waals surface area contributed by atoms with Crippen LogP contribution in [0.5, 0.6) is 0 Å². The van der Waals surface area contributed by atoms with E-state index in [1.54, 1.807) is 6.92 Å². The molecule has 1 aliphatic rings. The first-order valence-electron chi connectivity index (χ1n) is 12.1. The van der Waals surface area contributed by atoms with Gasteiger partial charge in [-0.1, -0.05) is 20.3 Å². The third kappa shape index (κ3) is 9.68. The second kappa shape index (κ2) is 14.9. The molecular weight excluding hydrogens is 474 g/mol. The number of guanidine groups is 1. The van der Waals surface area contributed by atoms with Crippen LogP contribution in [0.4, 0.5) is 0 Å². The molecule has 0 saturated carbocycles. The number of amides is 3. The van der Waals surface area contributed by atoms with Crippen LogP contribution in [0.2, 0.25) is 0 Å². The first-order chi connectivity index (χ1) is 16.9. The fourth-order valence-electron chi connectivity index (χ4n) is 3.89. The van der Waals surface area contributed by atoms with Gasteiger partial charge in [-0.2, -0.15) is 0 Å². The van der Waals surface area contributed by atoms with Crippen molar-refractivity contribution >= 4 is 35.6 Å². The molecule has 0 spiro atoms. The molecule has 3 amide bonds. The van der Waals surface area contributed by atoms with E-state index >= 15 is 0 Å². The van der Waals surface area contributed by atoms with Gasteiger partial charge in [0.25, 0.3) is 0 Å². The number of carbonyl (C=O) groups is 5. The Bertz CT molecular complexity index is 832. The van der Waals surface area contributed by atoms with Gasteiger partial charge in [-0.25, -0.2) is 4.79 Å². The van der Waals surface area contributed by atoms with E-state index in [1.165, 1.54) is 4.90 Å². The molecule has 1 saturated heterocycles. The zero-order valence-electron chi connectivity index (χ0n) is 20.8. The van der Waals surface area contributed by atoms with Crippen LogP contribution < -0.4 is 27.8 Å². The average molecular weight is 514 g/mol. The van der Waals surface area contributed by atoms with Gasteiger partial charge in [0, 0.05) is 19.5 Å². The van der Waals surface area contributed by atoms with Crippen molar-refractivity contribution in [2.45, 2.75) is 83.0 Å². The Balaban J connectivity index is 3.00. The summed E-state index contributed by atoms with van der Waals surface area (Å²) in [5.74, 6) is -4.49. The second-order valence-electron chi connectivity index (χ2n) is 8.95. The largest absolute Gasteiger partial charge is 0.481 e. The Morgan fingerprint density at radius 1 is 1.11 bits per heavy atom. The lowest BCUT2D eigenvalue weighted by molar-refractivity contribution is -0.146. The Hall–Kier alpha value is -3.42. The van der Waals surface area contributed by atoms with Gasteiger partial charge in [0.2, 0.25) is 17.7 Å². The van der Waals surface area contributed by atoms with Gasteiger partial charge >= 0.3 is 11.9 Å². The summed E-state index contributed by atoms with van der Waals surface area (Å²) in [7, 11) is 0. The molecule has 1 aliphatic heterocycles. The van der Waals surface area contributed by atoms with Crippen molar-refractivity contribution in [2.24, 2.45) is 28.1 Å². The van der Waals surface area contributed by atoms with Gasteiger partial charge < -0.3 is 42.9 Å². The van der Waals surface area contributed by atoms with E-state index in [-0.39, 0.29) is 44.2 Å². The maximum atomic E-state index is 13.4. The lowest BCUT2D eigenvalue weighted by Gasteiger charge is -2.30. The highest BCUT2D eigenvalue weighted by atomic mass is 16.4. The maximum absolute atomic E-state index is 13.4. The van der Waals surface area contributed by atoms with Crippen molar-refractivity contribution < 1.29 is 34.2 Å². The first-order valence-corrected chi connectivity index (χ1v) is 12.1. The number of carboxylic acids is 2. The molecule has 0 aromatic carbocycles. The van der Waals surface area contributed by atoms with Crippen LogP contribution in [0.15, 0.2) is 4.99 Å². The third-order valence-electron chi connectivity index (χ3n) is 6.18. The van der Waals surface area contributed by atoms with Gasteiger partial charge in [0.05, 0.1) is 6.04 Å². The molecular formula is C22H39N7O7. The first kappa shape index (κ1) is 30.6. The van der Waals surface area contributed by atoms with Crippen molar-refractivity contribution in [3.8, 4) is 0 Å². The smallest absolute Gasteiger partial charge is 0.326 e. The number of carbonyl (C=O) groups excluding carboxylic acids is 3. The second-order valence-corrected chi connectivity index (χ2v) is 8.95. The molecule has 10 N–H and O–H groups in total. The maximum Gasteiger partial charge on any atom is 0.326 e. The minimum Gasteiger partial charge on any atom is -0.481 e. The standard InChI is InChI=1S/C22H39N7O7/c1-3-12(2)17(21(35)36)28-19(33)15-7-5-11-29(15)20(34)14(6-4-10-26-22(24)25)27-18(32)13(23)8-9-16(30)31/h12-15,17H,3-11,23H2,1-2H3,(H,27,32)(H,28,33)(H,30,31)(H,35,36)(H4,24,25,26). The Kier molecular flexibility index (Phi) is 12.6. The molecule has 0 aromatic heterocycles. The molecule has 0 aromatic rings. The summed E-state index contributed by atoms with van der Waals surface area (Å²) < 4.78 is 0. The summed E-state index contributed by atoms with van der Waals surface area (Å²) >= 11 is 0. The summed E-state index contributed by atoms with van der Waals surface area (Å²) in [6.07, 6.45) is 1.46. The van der Waals surface area contributed by atoms with Gasteiger partial charge in [0.15, 0.2) is 5.96 Å². The summed E-state index contributed by atoms with van der Waals surface area (Å²) in [6.45, 7) is 3.98. The zero-order valence-corrected chi connectivity index (χ0v) is 20.8. The zero-order chi connectivity index (χ0) is 27.4. The van der Waals surface area contributed by atoms with E-state index in [0.717, 1.165) is 0 Å². The van der Waals surface area contributed by atoms with Crippen LogP contribution in [-0.4, -0.2) is 88.0 Å². The number of nitrogens with one attached hydrogen (secondary N) is 2. The normalized spacial score (nSPS) is 18.4. The number of hydrogen-bond donors (Lipinski definition) is 7. The van der Waals surface area contributed by atoms with Gasteiger partial charge in [-0.3, -0.25) is 24.2 Å². The summed E-state index contributed by atoms with van der Waals surface area (Å²) in [4.78, 5) is 66.5. The van der Waals surface area contributed by atoms with Crippen molar-refractivity contribution in [1.29, 1.82) is 0 Å². The van der Waals surface area contributed by atoms with E-state index in [9.17, 15) is 29.1 Å². The fraction of sp³-hybridized carbons (Fsp3) is 0.727. The molecule has 5 unspecified atom stereocenters. The molecule has 0 radical (unpaired) electrons. The number of nitrogens with two attached hydrogens (primary N) is 3. The summed E-state index contributed by atoms with van der Waals surface area (Å²) in [5.41, 5.74) is 16.4. The van der Waals surface area contributed by atoms with E-state index < -0.39 is 53.8 Å². The molecule has 1 fully saturated rings. The molecule has 1 heterocycles. The van der Waals surface area contributed by atoms with E-state index in [2.05, 4.69) is 15.6 Å². The number of hydrogen-bond acceptors (Lipinski definition) is 7. The molecule has 204 valence electrons. The summed E-state index contributed by atoms with van der Waals surface area (Å²) in [5, 5.41) is 23.4. The Morgan fingerprint density at radius 3 is 2.33 bits per heavy atom. The molecule has 36 heavy (non-hydrogen) atoms. The van der Waals surface area contributed by atoms with Gasteiger partial charge in [-0.05, 0) is 38.0 Å². The predicted octanol–water partition coefficient (Wildman–Crippen LogP) is -1.68. The monoisotopic (exact) mass is 513 g/mol. The topological polar surface area (TPSA) is 244 Å². The molecule has 14 nitrogen and oxygen atoms in total. The molecule has 1 rings (SSSR count). The third-order valence-corrected chi connectivity index (χ3v) is 6.18. The lowest BCUT2D eigenvalue weighted by atomic mass is 9.98.